The number of nitrogens with two attached hydrogens (primary N) is 1. The fraction of sp³-hybridized carbons (Fsp3) is 0.600. The van der Waals surface area contributed by atoms with Crippen molar-refractivity contribution in [3.05, 3.63) is 11.6 Å². The van der Waals surface area contributed by atoms with Crippen molar-refractivity contribution in [3.8, 4) is 0 Å². The van der Waals surface area contributed by atoms with Gasteiger partial charge in [-0.05, 0) is 13.8 Å². The van der Waals surface area contributed by atoms with Gasteiger partial charge in [-0.15, -0.1) is 5.59 Å². The molecule has 3 N–H and O–H groups in total. The third-order valence-corrected chi connectivity index (χ3v) is 0.658. The van der Waals surface area contributed by atoms with Gasteiger partial charge in [0.15, 0.2) is 0 Å². The Bertz CT molecular complexity index is 76.5. The summed E-state index contributed by atoms with van der Waals surface area (Å²) in [6.45, 7) is 4.53. The van der Waals surface area contributed by atoms with Crippen LogP contribution in [0.4, 0.5) is 0 Å². The first-order valence-electron chi connectivity index (χ1n) is 2.48. The van der Waals surface area contributed by atoms with E-state index in [9.17, 15) is 0 Å². The van der Waals surface area contributed by atoms with Gasteiger partial charge in [-0.25, -0.2) is 5.84 Å². The lowest BCUT2D eigenvalue weighted by molar-refractivity contribution is 0.0626. The Morgan fingerprint density at radius 2 is 2.38 bits per heavy atom. The van der Waals surface area contributed by atoms with Crippen LogP contribution < -0.4 is 11.4 Å². The zero-order chi connectivity index (χ0) is 6.41. The zero-order valence-electron chi connectivity index (χ0n) is 5.27. The molecule has 0 saturated carbocycles. The normalized spacial score (nSPS) is 8.88. The van der Waals surface area contributed by atoms with Crippen molar-refractivity contribution in [2.75, 3.05) is 6.61 Å². The molecule has 0 aliphatic carbocycles. The van der Waals surface area contributed by atoms with Crippen LogP contribution in [-0.2, 0) is 4.84 Å². The first-order chi connectivity index (χ1) is 3.77. The van der Waals surface area contributed by atoms with E-state index >= 15 is 0 Å². The molecular formula is C5H12N2O. The third kappa shape index (κ3) is 5.62. The fourth-order valence-electron chi connectivity index (χ4n) is 0.256. The van der Waals surface area contributed by atoms with Crippen LogP contribution in [0.3, 0.4) is 0 Å². The van der Waals surface area contributed by atoms with Crippen LogP contribution in [0.15, 0.2) is 11.6 Å². The van der Waals surface area contributed by atoms with Crippen LogP contribution >= 0.6 is 0 Å². The lowest BCUT2D eigenvalue weighted by Gasteiger charge is -1.93. The van der Waals surface area contributed by atoms with E-state index in [0.29, 0.717) is 6.61 Å². The van der Waals surface area contributed by atoms with Gasteiger partial charge < -0.3 is 0 Å². The van der Waals surface area contributed by atoms with Crippen molar-refractivity contribution in [2.24, 2.45) is 5.84 Å². The highest BCUT2D eigenvalue weighted by Crippen LogP contribution is 1.85. The van der Waals surface area contributed by atoms with Gasteiger partial charge in [0.1, 0.15) is 0 Å². The second-order valence-corrected chi connectivity index (χ2v) is 1.71. The number of nitrogens with one attached hydrogen (secondary N) is 1. The van der Waals surface area contributed by atoms with Crippen molar-refractivity contribution in [2.45, 2.75) is 13.8 Å². The molecule has 0 aliphatic rings. The highest BCUT2D eigenvalue weighted by molar-refractivity contribution is 4.92. The molecule has 0 atom stereocenters. The molecule has 3 nitrogen and oxygen atoms in total. The van der Waals surface area contributed by atoms with Gasteiger partial charge in [0.2, 0.25) is 0 Å². The molecule has 0 unspecified atom stereocenters. The molecule has 0 radical (unpaired) electrons. The average Bonchev–Trinajstić information content (AvgIpc) is 1.66. The highest BCUT2D eigenvalue weighted by atomic mass is 16.7. The lowest BCUT2D eigenvalue weighted by Crippen LogP contribution is -2.22. The van der Waals surface area contributed by atoms with Crippen LogP contribution in [0.5, 0.6) is 0 Å². The SMILES string of the molecule is CC(C)=CCONN. The molecule has 0 aliphatic heterocycles. The van der Waals surface area contributed by atoms with E-state index in [0.717, 1.165) is 0 Å². The maximum atomic E-state index is 4.81. The average molecular weight is 116 g/mol. The smallest absolute Gasteiger partial charge is 0.0882 e. The molecule has 0 amide bonds. The van der Waals surface area contributed by atoms with Crippen molar-refractivity contribution in [1.82, 2.24) is 5.59 Å². The van der Waals surface area contributed by atoms with E-state index in [1.165, 1.54) is 5.57 Å². The van der Waals surface area contributed by atoms with Crippen LogP contribution in [0.25, 0.3) is 0 Å². The summed E-state index contributed by atoms with van der Waals surface area (Å²) in [4.78, 5) is 4.60. The largest absolute Gasteiger partial charge is 0.283 e. The maximum absolute atomic E-state index is 4.81. The van der Waals surface area contributed by atoms with Gasteiger partial charge >= 0.3 is 0 Å². The minimum absolute atomic E-state index is 0.527. The van der Waals surface area contributed by atoms with Gasteiger partial charge in [0.25, 0.3) is 0 Å². The minimum Gasteiger partial charge on any atom is -0.283 e. The van der Waals surface area contributed by atoms with E-state index in [4.69, 9.17) is 5.84 Å². The van der Waals surface area contributed by atoms with E-state index in [2.05, 4.69) is 10.4 Å². The summed E-state index contributed by atoms with van der Waals surface area (Å²) in [5, 5.41) is 0. The van der Waals surface area contributed by atoms with Crippen LogP contribution in [-0.4, -0.2) is 6.61 Å². The van der Waals surface area contributed by atoms with Crippen LogP contribution in [0, 0.1) is 0 Å². The second kappa shape index (κ2) is 4.77. The summed E-state index contributed by atoms with van der Waals surface area (Å²) in [7, 11) is 0. The number of hydrazine groups is 1. The molecule has 0 fully saturated rings. The summed E-state index contributed by atoms with van der Waals surface area (Å²) < 4.78 is 0. The minimum atomic E-state index is 0.527. The fourth-order valence-corrected chi connectivity index (χ4v) is 0.256. The summed E-state index contributed by atoms with van der Waals surface area (Å²) in [6, 6.07) is 0. The van der Waals surface area contributed by atoms with E-state index < -0.39 is 0 Å². The molecule has 0 bridgehead atoms. The van der Waals surface area contributed by atoms with Gasteiger partial charge in [0.05, 0.1) is 6.61 Å². The molecule has 0 saturated heterocycles. The summed E-state index contributed by atoms with van der Waals surface area (Å²) in [6.07, 6.45) is 1.93. The van der Waals surface area contributed by atoms with Crippen molar-refractivity contribution in [1.29, 1.82) is 0 Å². The van der Waals surface area contributed by atoms with Crippen LogP contribution in [0.1, 0.15) is 13.8 Å². The van der Waals surface area contributed by atoms with Crippen molar-refractivity contribution >= 4 is 0 Å². The molecule has 3 heteroatoms. The van der Waals surface area contributed by atoms with Crippen molar-refractivity contribution in [3.63, 3.8) is 0 Å². The summed E-state index contributed by atoms with van der Waals surface area (Å²) in [5.74, 6) is 4.81. The van der Waals surface area contributed by atoms with E-state index in [-0.39, 0.29) is 0 Å². The Balaban J connectivity index is 3.03. The Morgan fingerprint density at radius 3 is 2.75 bits per heavy atom. The molecule has 0 aromatic carbocycles. The predicted molar refractivity (Wildman–Crippen MR) is 32.7 cm³/mol. The number of rotatable bonds is 3. The van der Waals surface area contributed by atoms with E-state index in [1.807, 2.05) is 19.9 Å². The number of allylic oxidation sites excluding steroid dienone is 1. The number of hydrogen-bond donors (Lipinski definition) is 2. The van der Waals surface area contributed by atoms with E-state index in [1.54, 1.807) is 0 Å². The first kappa shape index (κ1) is 7.62. The van der Waals surface area contributed by atoms with Gasteiger partial charge in [0, 0.05) is 0 Å². The van der Waals surface area contributed by atoms with Crippen LogP contribution in [0.2, 0.25) is 0 Å². The molecule has 0 spiro atoms. The lowest BCUT2D eigenvalue weighted by atomic mass is 10.3. The molecule has 0 aromatic rings. The predicted octanol–water partition coefficient (Wildman–Crippen LogP) is 0.348. The Kier molecular flexibility index (Phi) is 4.54. The Morgan fingerprint density at radius 1 is 1.75 bits per heavy atom. The molecule has 48 valence electrons. The monoisotopic (exact) mass is 116 g/mol. The molecule has 8 heavy (non-hydrogen) atoms. The van der Waals surface area contributed by atoms with Gasteiger partial charge in [-0.1, -0.05) is 11.6 Å². The Hall–Kier alpha value is -0.380. The standard InChI is InChI=1S/C5H12N2O/c1-5(2)3-4-8-7-6/h3,7H,4,6H2,1-2H3. The molecule has 0 heterocycles. The maximum Gasteiger partial charge on any atom is 0.0882 e. The Labute approximate surface area is 49.4 Å². The van der Waals surface area contributed by atoms with Gasteiger partial charge in [-0.3, -0.25) is 4.84 Å². The summed E-state index contributed by atoms with van der Waals surface area (Å²) >= 11 is 0. The zero-order valence-corrected chi connectivity index (χ0v) is 5.27. The summed E-state index contributed by atoms with van der Waals surface area (Å²) in [5.41, 5.74) is 3.30. The topological polar surface area (TPSA) is 47.3 Å². The van der Waals surface area contributed by atoms with Gasteiger partial charge in [-0.2, -0.15) is 0 Å². The molecular weight excluding hydrogens is 104 g/mol. The molecule has 0 aromatic heterocycles. The quantitative estimate of drug-likeness (QED) is 0.242. The second-order valence-electron chi connectivity index (χ2n) is 1.71. The highest BCUT2D eigenvalue weighted by Gasteiger charge is 1.75. The first-order valence-corrected chi connectivity index (χ1v) is 2.48. The number of hydrogen-bond acceptors (Lipinski definition) is 3. The molecule has 0 rings (SSSR count). The van der Waals surface area contributed by atoms with Crippen molar-refractivity contribution < 1.29 is 4.84 Å². The third-order valence-electron chi connectivity index (χ3n) is 0.658.